The molecule has 1 aromatic carbocycles. The van der Waals surface area contributed by atoms with Gasteiger partial charge in [0.1, 0.15) is 0 Å². The van der Waals surface area contributed by atoms with E-state index in [4.69, 9.17) is 16.3 Å². The molecule has 0 saturated carbocycles. The average Bonchev–Trinajstić information content (AvgIpc) is 2.56. The number of halogens is 1. The number of rotatable bonds is 1. The van der Waals surface area contributed by atoms with Gasteiger partial charge < -0.3 is 4.74 Å². The summed E-state index contributed by atoms with van der Waals surface area (Å²) in [6.07, 6.45) is 0. The molecule has 4 nitrogen and oxygen atoms in total. The lowest BCUT2D eigenvalue weighted by atomic mass is 10.3. The van der Waals surface area contributed by atoms with E-state index in [9.17, 15) is 4.79 Å². The highest BCUT2D eigenvalue weighted by Gasteiger charge is 2.16. The number of amidine groups is 1. The van der Waals surface area contributed by atoms with E-state index < -0.39 is 0 Å². The second-order valence-electron chi connectivity index (χ2n) is 2.73. The summed E-state index contributed by atoms with van der Waals surface area (Å²) < 4.78 is 4.96. The highest BCUT2D eigenvalue weighted by atomic mass is 35.5. The monoisotopic (exact) mass is 210 g/mol. The average molecular weight is 211 g/mol. The molecule has 5 heteroatoms. The van der Waals surface area contributed by atoms with Crippen LogP contribution in [-0.2, 0) is 9.53 Å². The van der Waals surface area contributed by atoms with Crippen molar-refractivity contribution in [3.8, 4) is 0 Å². The smallest absolute Gasteiger partial charge is 0.297 e. The van der Waals surface area contributed by atoms with E-state index in [0.717, 1.165) is 0 Å². The molecule has 0 aliphatic carbocycles. The van der Waals surface area contributed by atoms with E-state index in [0.29, 0.717) is 10.7 Å². The minimum Gasteiger partial charge on any atom is -0.455 e. The minimum absolute atomic E-state index is 0.0341. The van der Waals surface area contributed by atoms with Crippen LogP contribution in [0.5, 0.6) is 0 Å². The van der Waals surface area contributed by atoms with Gasteiger partial charge in [-0.05, 0) is 24.3 Å². The third kappa shape index (κ3) is 2.03. The van der Waals surface area contributed by atoms with Crippen LogP contribution in [-0.4, -0.2) is 18.5 Å². The van der Waals surface area contributed by atoms with E-state index in [1.807, 2.05) is 0 Å². The van der Waals surface area contributed by atoms with Gasteiger partial charge in [-0.15, -0.1) is 0 Å². The fourth-order valence-electron chi connectivity index (χ4n) is 1.02. The number of nitrogens with zero attached hydrogens (tertiary/aromatic N) is 1. The largest absolute Gasteiger partial charge is 0.455 e. The number of aliphatic imine (C=N–C) groups is 1. The van der Waals surface area contributed by atoms with Crippen LogP contribution < -0.4 is 5.32 Å². The zero-order valence-electron chi connectivity index (χ0n) is 7.16. The molecule has 1 heterocycles. The van der Waals surface area contributed by atoms with Crippen LogP contribution in [0, 0.1) is 0 Å². The second kappa shape index (κ2) is 3.67. The number of nitrogens with one attached hydrogen (secondary N) is 1. The van der Waals surface area contributed by atoms with Crippen LogP contribution >= 0.6 is 11.6 Å². The Labute approximate surface area is 85.5 Å². The molecule has 1 N–H and O–H groups in total. The first-order valence-electron chi connectivity index (χ1n) is 4.01. The van der Waals surface area contributed by atoms with E-state index in [1.54, 1.807) is 24.3 Å². The van der Waals surface area contributed by atoms with Crippen LogP contribution in [0.15, 0.2) is 29.3 Å². The quantitative estimate of drug-likeness (QED) is 0.763. The number of hydrogen-bond acceptors (Lipinski definition) is 3. The van der Waals surface area contributed by atoms with Gasteiger partial charge in [0.2, 0.25) is 0 Å². The van der Waals surface area contributed by atoms with Crippen molar-refractivity contribution in [3.63, 3.8) is 0 Å². The van der Waals surface area contributed by atoms with Crippen LogP contribution in [0.25, 0.3) is 0 Å². The zero-order valence-corrected chi connectivity index (χ0v) is 7.91. The van der Waals surface area contributed by atoms with Crippen LogP contribution in [0.2, 0.25) is 5.02 Å². The SMILES string of the molecule is O=C1COC(=Nc2ccc(Cl)cc2)N1. The van der Waals surface area contributed by atoms with Crippen LogP contribution in [0.4, 0.5) is 5.69 Å². The molecule has 0 spiro atoms. The Morgan fingerprint density at radius 3 is 2.64 bits per heavy atom. The highest BCUT2D eigenvalue weighted by molar-refractivity contribution is 6.30. The Bertz CT molecular complexity index is 386. The summed E-state index contributed by atoms with van der Waals surface area (Å²) in [4.78, 5) is 14.8. The number of ether oxygens (including phenoxy) is 1. The molecular formula is C9H7ClN2O2. The second-order valence-corrected chi connectivity index (χ2v) is 3.17. The Hall–Kier alpha value is -1.55. The molecule has 1 aliphatic rings. The van der Waals surface area contributed by atoms with Crippen LogP contribution in [0.1, 0.15) is 0 Å². The first kappa shape index (κ1) is 9.02. The molecule has 1 aromatic rings. The molecule has 0 atom stereocenters. The minimum atomic E-state index is -0.183. The maximum atomic E-state index is 10.8. The zero-order chi connectivity index (χ0) is 9.97. The first-order valence-corrected chi connectivity index (χ1v) is 4.39. The highest BCUT2D eigenvalue weighted by Crippen LogP contribution is 2.16. The fraction of sp³-hybridized carbons (Fsp3) is 0.111. The fourth-order valence-corrected chi connectivity index (χ4v) is 1.14. The number of amides is 1. The van der Waals surface area contributed by atoms with Gasteiger partial charge in [0.25, 0.3) is 11.9 Å². The Morgan fingerprint density at radius 2 is 2.07 bits per heavy atom. The van der Waals surface area contributed by atoms with Crippen molar-refractivity contribution in [1.82, 2.24) is 5.32 Å². The van der Waals surface area contributed by atoms with Crippen molar-refractivity contribution in [2.24, 2.45) is 4.99 Å². The Kier molecular flexibility index (Phi) is 2.37. The van der Waals surface area contributed by atoms with E-state index in [2.05, 4.69) is 10.3 Å². The van der Waals surface area contributed by atoms with E-state index in [-0.39, 0.29) is 18.5 Å². The lowest BCUT2D eigenvalue weighted by Gasteiger charge is -1.96. The summed E-state index contributed by atoms with van der Waals surface area (Å²) in [5, 5.41) is 3.12. The molecule has 2 rings (SSSR count). The normalized spacial score (nSPS) is 18.1. The standard InChI is InChI=1S/C9H7ClN2O2/c10-6-1-3-7(4-2-6)11-9-12-8(13)5-14-9/h1-4H,5H2,(H,11,12,13). The summed E-state index contributed by atoms with van der Waals surface area (Å²) in [7, 11) is 0. The topological polar surface area (TPSA) is 50.7 Å². The third-order valence-corrected chi connectivity index (χ3v) is 1.90. The molecule has 0 bridgehead atoms. The number of carbonyl (C=O) groups excluding carboxylic acids is 1. The van der Waals surface area contributed by atoms with Gasteiger partial charge in [-0.25, -0.2) is 0 Å². The summed E-state index contributed by atoms with van der Waals surface area (Å²) in [6.45, 7) is 0.0341. The Morgan fingerprint density at radius 1 is 1.36 bits per heavy atom. The van der Waals surface area contributed by atoms with E-state index in [1.165, 1.54) is 0 Å². The predicted octanol–water partition coefficient (Wildman–Crippen LogP) is 1.47. The maximum absolute atomic E-state index is 10.8. The number of hydrogen-bond donors (Lipinski definition) is 1. The molecule has 1 amide bonds. The molecule has 14 heavy (non-hydrogen) atoms. The van der Waals surface area contributed by atoms with Gasteiger partial charge in [0, 0.05) is 5.02 Å². The summed E-state index contributed by atoms with van der Waals surface area (Å²) in [5.41, 5.74) is 0.687. The molecule has 1 saturated heterocycles. The summed E-state index contributed by atoms with van der Waals surface area (Å²) in [5.74, 6) is -0.183. The number of carbonyl (C=O) groups is 1. The van der Waals surface area contributed by atoms with Crippen molar-refractivity contribution >= 4 is 29.2 Å². The molecule has 1 fully saturated rings. The van der Waals surface area contributed by atoms with Gasteiger partial charge in [0.05, 0.1) is 5.69 Å². The van der Waals surface area contributed by atoms with E-state index >= 15 is 0 Å². The molecule has 0 aromatic heterocycles. The lowest BCUT2D eigenvalue weighted by molar-refractivity contribution is -0.119. The Balaban J connectivity index is 2.17. The number of benzene rings is 1. The van der Waals surface area contributed by atoms with Gasteiger partial charge in [0.15, 0.2) is 6.61 Å². The molecule has 0 unspecified atom stereocenters. The third-order valence-electron chi connectivity index (χ3n) is 1.64. The van der Waals surface area contributed by atoms with Crippen molar-refractivity contribution < 1.29 is 9.53 Å². The maximum Gasteiger partial charge on any atom is 0.297 e. The molecule has 1 aliphatic heterocycles. The summed E-state index contributed by atoms with van der Waals surface area (Å²) >= 11 is 5.70. The van der Waals surface area contributed by atoms with Crippen molar-refractivity contribution in [3.05, 3.63) is 29.3 Å². The summed E-state index contributed by atoms with van der Waals surface area (Å²) in [6, 6.07) is 7.15. The predicted molar refractivity (Wildman–Crippen MR) is 52.6 cm³/mol. The van der Waals surface area contributed by atoms with Gasteiger partial charge in [-0.3, -0.25) is 10.1 Å². The van der Waals surface area contributed by atoms with Crippen molar-refractivity contribution in [2.75, 3.05) is 6.61 Å². The first-order chi connectivity index (χ1) is 6.74. The lowest BCUT2D eigenvalue weighted by Crippen LogP contribution is -2.20. The van der Waals surface area contributed by atoms with Crippen LogP contribution in [0.3, 0.4) is 0 Å². The molecule has 72 valence electrons. The van der Waals surface area contributed by atoms with Crippen molar-refractivity contribution in [1.29, 1.82) is 0 Å². The molecular weight excluding hydrogens is 204 g/mol. The van der Waals surface area contributed by atoms with Gasteiger partial charge >= 0.3 is 0 Å². The molecule has 0 radical (unpaired) electrons. The van der Waals surface area contributed by atoms with Crippen molar-refractivity contribution in [2.45, 2.75) is 0 Å². The van der Waals surface area contributed by atoms with Gasteiger partial charge in [-0.2, -0.15) is 4.99 Å². The van der Waals surface area contributed by atoms with Gasteiger partial charge in [-0.1, -0.05) is 11.6 Å².